The zero-order valence-corrected chi connectivity index (χ0v) is 13.3. The fourth-order valence-corrected chi connectivity index (χ4v) is 2.27. The summed E-state index contributed by atoms with van der Waals surface area (Å²) in [5.41, 5.74) is 0. The second-order valence-electron chi connectivity index (χ2n) is 4.06. The first-order chi connectivity index (χ1) is 8.89. The number of carbonyl (C=O) groups excluding carboxylic acids is 1. The Bertz CT molecular complexity index is 345. The van der Waals surface area contributed by atoms with Gasteiger partial charge in [-0.05, 0) is 31.3 Å². The molecule has 0 aromatic carbocycles. The van der Waals surface area contributed by atoms with E-state index in [-0.39, 0.29) is 0 Å². The van der Waals surface area contributed by atoms with Crippen LogP contribution in [-0.4, -0.2) is 45.6 Å². The van der Waals surface area contributed by atoms with Gasteiger partial charge in [0.1, 0.15) is 0 Å². The van der Waals surface area contributed by atoms with Gasteiger partial charge in [0.25, 0.3) is 10.1 Å². The van der Waals surface area contributed by atoms with Crippen molar-refractivity contribution in [1.29, 1.82) is 0 Å². The van der Waals surface area contributed by atoms with Gasteiger partial charge < -0.3 is 4.74 Å². The van der Waals surface area contributed by atoms with Crippen LogP contribution in [0.2, 0.25) is 0 Å². The van der Waals surface area contributed by atoms with Crippen LogP contribution < -0.4 is 5.32 Å². The fraction of sp³-hybridized carbons (Fsp3) is 0.909. The van der Waals surface area contributed by atoms with E-state index in [2.05, 4.69) is 5.32 Å². The quantitative estimate of drug-likeness (QED) is 0.377. The van der Waals surface area contributed by atoms with Crippen molar-refractivity contribution in [3.8, 4) is 0 Å². The van der Waals surface area contributed by atoms with Crippen LogP contribution in [0, 0.1) is 0 Å². The molecule has 0 aliphatic rings. The smallest absolute Gasteiger partial charge is 0.409 e. The third-order valence-electron chi connectivity index (χ3n) is 2.12. The molecule has 0 rings (SSSR count). The molecule has 114 valence electrons. The van der Waals surface area contributed by atoms with Gasteiger partial charge in [-0.15, -0.1) is 0 Å². The highest BCUT2D eigenvalue weighted by Gasteiger charge is 2.18. The number of nitrogens with one attached hydrogen (secondary N) is 1. The van der Waals surface area contributed by atoms with Gasteiger partial charge in [0.15, 0.2) is 6.23 Å². The molecule has 0 spiro atoms. The first-order valence-electron chi connectivity index (χ1n) is 6.19. The summed E-state index contributed by atoms with van der Waals surface area (Å²) in [6, 6.07) is 0. The van der Waals surface area contributed by atoms with Crippen LogP contribution in [0.25, 0.3) is 0 Å². The summed E-state index contributed by atoms with van der Waals surface area (Å²) in [5, 5.41) is 2.42. The Morgan fingerprint density at radius 2 is 2.05 bits per heavy atom. The summed E-state index contributed by atoms with van der Waals surface area (Å²) < 4.78 is 31.9. The molecule has 0 saturated heterocycles. The largest absolute Gasteiger partial charge is 0.450 e. The Balaban J connectivity index is 4.20. The topological polar surface area (TPSA) is 81.7 Å². The Morgan fingerprint density at radius 3 is 2.58 bits per heavy atom. The van der Waals surface area contributed by atoms with Crippen LogP contribution in [0.1, 0.15) is 32.6 Å². The number of hydrogen-bond acceptors (Lipinski definition) is 6. The number of ether oxygens (including phenoxy) is 1. The van der Waals surface area contributed by atoms with E-state index in [9.17, 15) is 13.2 Å². The van der Waals surface area contributed by atoms with Gasteiger partial charge in [0.2, 0.25) is 0 Å². The molecule has 0 aliphatic carbocycles. The third kappa shape index (κ3) is 12.3. The number of hydrogen-bond donors (Lipinski definition) is 1. The molecule has 1 unspecified atom stereocenters. The van der Waals surface area contributed by atoms with Crippen molar-refractivity contribution in [1.82, 2.24) is 5.32 Å². The van der Waals surface area contributed by atoms with Crippen molar-refractivity contribution in [2.45, 2.75) is 38.8 Å². The lowest BCUT2D eigenvalue weighted by Crippen LogP contribution is -2.38. The number of carbonyl (C=O) groups is 1. The Labute approximate surface area is 119 Å². The molecule has 0 aliphatic heterocycles. The van der Waals surface area contributed by atoms with Crippen LogP contribution in [-0.2, 0) is 19.0 Å². The van der Waals surface area contributed by atoms with Gasteiger partial charge in [-0.25, -0.2) is 8.98 Å². The lowest BCUT2D eigenvalue weighted by molar-refractivity contribution is 0.109. The van der Waals surface area contributed by atoms with Crippen molar-refractivity contribution in [2.24, 2.45) is 0 Å². The maximum atomic E-state index is 11.4. The average Bonchev–Trinajstić information content (AvgIpc) is 2.27. The molecule has 6 nitrogen and oxygen atoms in total. The molecular formula is C11H23NO5S2. The monoisotopic (exact) mass is 313 g/mol. The summed E-state index contributed by atoms with van der Waals surface area (Å²) >= 11 is 1.65. The standard InChI is InChI=1S/C11H23NO5S2/c1-4-5-8-16-11(13)12-10(7-6-9-18-2)17-19(3,14)15/h10H,4-9H2,1-3H3,(H,12,13). The summed E-state index contributed by atoms with van der Waals surface area (Å²) in [5.74, 6) is 0.871. The normalized spacial score (nSPS) is 13.0. The van der Waals surface area contributed by atoms with Crippen LogP contribution in [0.4, 0.5) is 4.79 Å². The first kappa shape index (κ1) is 18.5. The molecular weight excluding hydrogens is 290 g/mol. The second kappa shape index (κ2) is 10.3. The van der Waals surface area contributed by atoms with E-state index in [1.54, 1.807) is 11.8 Å². The van der Waals surface area contributed by atoms with Crippen molar-refractivity contribution in [3.63, 3.8) is 0 Å². The van der Waals surface area contributed by atoms with Gasteiger partial charge in [0, 0.05) is 0 Å². The van der Waals surface area contributed by atoms with E-state index in [1.807, 2.05) is 13.2 Å². The first-order valence-corrected chi connectivity index (χ1v) is 9.40. The van der Waals surface area contributed by atoms with Gasteiger partial charge >= 0.3 is 6.09 Å². The minimum absolute atomic E-state index is 0.318. The summed E-state index contributed by atoms with van der Waals surface area (Å²) in [6.45, 7) is 2.30. The summed E-state index contributed by atoms with van der Waals surface area (Å²) in [4.78, 5) is 11.4. The maximum Gasteiger partial charge on any atom is 0.409 e. The molecule has 0 saturated carbocycles. The highest BCUT2D eigenvalue weighted by atomic mass is 32.2. The highest BCUT2D eigenvalue weighted by Crippen LogP contribution is 2.07. The Hall–Kier alpha value is -0.470. The van der Waals surface area contributed by atoms with Crippen molar-refractivity contribution < 1.29 is 22.1 Å². The predicted octanol–water partition coefficient (Wildman–Crippen LogP) is 1.96. The van der Waals surface area contributed by atoms with Crippen LogP contribution in [0.3, 0.4) is 0 Å². The van der Waals surface area contributed by atoms with Gasteiger partial charge in [-0.2, -0.15) is 20.2 Å². The second-order valence-corrected chi connectivity index (χ2v) is 6.64. The Morgan fingerprint density at radius 1 is 1.37 bits per heavy atom. The van der Waals surface area contributed by atoms with Gasteiger partial charge in [0.05, 0.1) is 12.9 Å². The van der Waals surface area contributed by atoms with Crippen molar-refractivity contribution in [2.75, 3.05) is 24.9 Å². The number of amides is 1. The van der Waals surface area contributed by atoms with E-state index in [0.29, 0.717) is 13.0 Å². The molecule has 1 atom stereocenters. The third-order valence-corrected chi connectivity index (χ3v) is 3.39. The molecule has 1 N–H and O–H groups in total. The van der Waals surface area contributed by atoms with Gasteiger partial charge in [-0.3, -0.25) is 5.32 Å². The molecule has 1 amide bonds. The molecule has 0 heterocycles. The number of rotatable bonds is 10. The van der Waals surface area contributed by atoms with Crippen LogP contribution in [0.15, 0.2) is 0 Å². The molecule has 0 aromatic heterocycles. The SMILES string of the molecule is CCCCOC(=O)NC(CCCSC)OS(C)(=O)=O. The van der Waals surface area contributed by atoms with Crippen LogP contribution >= 0.6 is 11.8 Å². The highest BCUT2D eigenvalue weighted by molar-refractivity contribution is 7.98. The van der Waals surface area contributed by atoms with Crippen LogP contribution in [0.5, 0.6) is 0 Å². The lowest BCUT2D eigenvalue weighted by atomic mass is 10.3. The van der Waals surface area contributed by atoms with E-state index in [0.717, 1.165) is 31.3 Å². The minimum Gasteiger partial charge on any atom is -0.450 e. The fourth-order valence-electron chi connectivity index (χ4n) is 1.25. The molecule has 19 heavy (non-hydrogen) atoms. The zero-order valence-electron chi connectivity index (χ0n) is 11.7. The molecule has 0 fully saturated rings. The average molecular weight is 313 g/mol. The van der Waals surface area contributed by atoms with E-state index < -0.39 is 22.4 Å². The molecule has 0 bridgehead atoms. The summed E-state index contributed by atoms with van der Waals surface area (Å²) in [6.07, 6.45) is 4.27. The number of unbranched alkanes of at least 4 members (excludes halogenated alkanes) is 1. The number of alkyl carbamates (subject to hydrolysis) is 1. The Kier molecular flexibility index (Phi) is 10.1. The van der Waals surface area contributed by atoms with Crippen molar-refractivity contribution >= 4 is 28.0 Å². The van der Waals surface area contributed by atoms with E-state index in [4.69, 9.17) is 8.92 Å². The zero-order chi connectivity index (χ0) is 14.7. The lowest BCUT2D eigenvalue weighted by Gasteiger charge is -2.17. The van der Waals surface area contributed by atoms with E-state index >= 15 is 0 Å². The molecule has 0 radical (unpaired) electrons. The number of thioether (sulfide) groups is 1. The van der Waals surface area contributed by atoms with E-state index in [1.165, 1.54) is 0 Å². The van der Waals surface area contributed by atoms with Crippen molar-refractivity contribution in [3.05, 3.63) is 0 Å². The molecule has 0 aromatic rings. The molecule has 8 heteroatoms. The predicted molar refractivity (Wildman–Crippen MR) is 76.7 cm³/mol. The maximum absolute atomic E-state index is 11.4. The minimum atomic E-state index is -3.61. The van der Waals surface area contributed by atoms with Gasteiger partial charge in [-0.1, -0.05) is 13.3 Å². The summed E-state index contributed by atoms with van der Waals surface area (Å²) in [7, 11) is -3.61.